The van der Waals surface area contributed by atoms with Gasteiger partial charge in [-0.25, -0.2) is 0 Å². The van der Waals surface area contributed by atoms with Crippen LogP contribution < -0.4 is 5.32 Å². The number of hydrogen-bond donors (Lipinski definition) is 1. The average Bonchev–Trinajstić information content (AvgIpc) is 3.06. The molecule has 118 valence electrons. The number of hydrogen-bond acceptors (Lipinski definition) is 5. The lowest BCUT2D eigenvalue weighted by Crippen LogP contribution is -2.18. The van der Waals surface area contributed by atoms with Crippen molar-refractivity contribution in [2.75, 3.05) is 5.32 Å². The number of rotatable bonds is 4. The molecule has 1 saturated carbocycles. The van der Waals surface area contributed by atoms with Crippen LogP contribution in [0.4, 0.5) is 6.01 Å². The summed E-state index contributed by atoms with van der Waals surface area (Å²) in [5.74, 6) is 2.30. The second kappa shape index (κ2) is 6.34. The minimum Gasteiger partial charge on any atom is -0.466 e. The molecule has 1 N–H and O–H groups in total. The van der Waals surface area contributed by atoms with Gasteiger partial charge in [-0.15, -0.1) is 5.10 Å². The van der Waals surface area contributed by atoms with Crippen LogP contribution >= 0.6 is 0 Å². The first kappa shape index (κ1) is 14.8. The number of aryl methyl sites for hydroxylation is 2. The predicted octanol–water partition coefficient (Wildman–Crippen LogP) is 3.86. The maximum Gasteiger partial charge on any atom is 0.322 e. The van der Waals surface area contributed by atoms with E-state index in [0.717, 1.165) is 29.9 Å². The zero-order valence-electron chi connectivity index (χ0n) is 13.0. The number of nitrogens with one attached hydrogen (secondary N) is 1. The van der Waals surface area contributed by atoms with Crippen molar-refractivity contribution in [2.24, 2.45) is 5.92 Å². The van der Waals surface area contributed by atoms with Crippen LogP contribution in [0.1, 0.15) is 50.0 Å². The van der Waals surface area contributed by atoms with Gasteiger partial charge in [-0.1, -0.05) is 24.4 Å². The topological polar surface area (TPSA) is 81.2 Å². The van der Waals surface area contributed by atoms with Crippen molar-refractivity contribution in [1.82, 2.24) is 10.2 Å². The molecular weight excluding hydrogens is 282 g/mol. The van der Waals surface area contributed by atoms with Gasteiger partial charge in [-0.05, 0) is 38.7 Å². The number of furan rings is 1. The lowest BCUT2D eigenvalue weighted by Gasteiger charge is -2.20. The predicted molar refractivity (Wildman–Crippen MR) is 81.3 cm³/mol. The highest BCUT2D eigenvalue weighted by Gasteiger charge is 2.19. The van der Waals surface area contributed by atoms with Crippen LogP contribution in [0.2, 0.25) is 0 Å². The van der Waals surface area contributed by atoms with Crippen molar-refractivity contribution in [3.63, 3.8) is 0 Å². The molecule has 0 radical (unpaired) electrons. The van der Waals surface area contributed by atoms with Gasteiger partial charge in [0, 0.05) is 6.42 Å². The SMILES string of the molecule is Cc1cc(-c2nnc(NC(=O)CC3CCCCC3)o2)c(C)o1. The van der Waals surface area contributed by atoms with Gasteiger partial charge < -0.3 is 8.83 Å². The molecule has 1 aliphatic rings. The molecule has 3 rings (SSSR count). The average molecular weight is 303 g/mol. The molecule has 1 amide bonds. The van der Waals surface area contributed by atoms with Crippen LogP contribution in [0.3, 0.4) is 0 Å². The Morgan fingerprint density at radius 2 is 2.00 bits per heavy atom. The third kappa shape index (κ3) is 3.37. The zero-order valence-corrected chi connectivity index (χ0v) is 13.0. The Bertz CT molecular complexity index is 653. The third-order valence-corrected chi connectivity index (χ3v) is 4.14. The Kier molecular flexibility index (Phi) is 4.27. The number of nitrogens with zero attached hydrogens (tertiary/aromatic N) is 2. The van der Waals surface area contributed by atoms with Gasteiger partial charge in [0.15, 0.2) is 0 Å². The van der Waals surface area contributed by atoms with E-state index in [4.69, 9.17) is 8.83 Å². The molecule has 2 aromatic rings. The Morgan fingerprint density at radius 1 is 1.23 bits per heavy atom. The fourth-order valence-corrected chi connectivity index (χ4v) is 3.05. The summed E-state index contributed by atoms with van der Waals surface area (Å²) >= 11 is 0. The fourth-order valence-electron chi connectivity index (χ4n) is 3.05. The number of aromatic nitrogens is 2. The highest BCUT2D eigenvalue weighted by molar-refractivity contribution is 5.88. The van der Waals surface area contributed by atoms with E-state index in [-0.39, 0.29) is 11.9 Å². The molecule has 1 aliphatic carbocycles. The van der Waals surface area contributed by atoms with Crippen LogP contribution in [0.15, 0.2) is 14.9 Å². The van der Waals surface area contributed by atoms with E-state index in [9.17, 15) is 4.79 Å². The number of anilines is 1. The van der Waals surface area contributed by atoms with Crippen LogP contribution in [-0.4, -0.2) is 16.1 Å². The summed E-state index contributed by atoms with van der Waals surface area (Å²) in [6.07, 6.45) is 6.53. The first-order valence-corrected chi connectivity index (χ1v) is 7.82. The summed E-state index contributed by atoms with van der Waals surface area (Å²) in [7, 11) is 0. The molecule has 0 unspecified atom stereocenters. The maximum absolute atomic E-state index is 12.0. The second-order valence-electron chi connectivity index (χ2n) is 6.00. The molecule has 6 nitrogen and oxygen atoms in total. The number of carbonyl (C=O) groups excluding carboxylic acids is 1. The molecule has 2 aromatic heterocycles. The lowest BCUT2D eigenvalue weighted by molar-refractivity contribution is -0.117. The van der Waals surface area contributed by atoms with Gasteiger partial charge >= 0.3 is 6.01 Å². The molecule has 0 bridgehead atoms. The Morgan fingerprint density at radius 3 is 2.68 bits per heavy atom. The molecular formula is C16H21N3O3. The van der Waals surface area contributed by atoms with Crippen LogP contribution in [0, 0.1) is 19.8 Å². The van der Waals surface area contributed by atoms with Crippen LogP contribution in [0.5, 0.6) is 0 Å². The molecule has 2 heterocycles. The maximum atomic E-state index is 12.0. The normalized spacial score (nSPS) is 15.9. The van der Waals surface area contributed by atoms with E-state index in [0.29, 0.717) is 18.2 Å². The van der Waals surface area contributed by atoms with Gasteiger partial charge in [0.1, 0.15) is 11.5 Å². The standard InChI is InChI=1S/C16H21N3O3/c1-10-8-13(11(2)21-10)15-18-19-16(22-15)17-14(20)9-12-6-4-3-5-7-12/h8,12H,3-7,9H2,1-2H3,(H,17,19,20). The van der Waals surface area contributed by atoms with Crippen LogP contribution in [-0.2, 0) is 4.79 Å². The quantitative estimate of drug-likeness (QED) is 0.927. The van der Waals surface area contributed by atoms with E-state index in [2.05, 4.69) is 15.5 Å². The lowest BCUT2D eigenvalue weighted by atomic mass is 9.87. The minimum atomic E-state index is -0.0535. The molecule has 0 aliphatic heterocycles. The molecule has 0 spiro atoms. The molecule has 0 atom stereocenters. The Hall–Kier alpha value is -2.11. The monoisotopic (exact) mass is 303 g/mol. The zero-order chi connectivity index (χ0) is 15.5. The highest BCUT2D eigenvalue weighted by atomic mass is 16.4. The molecule has 1 fully saturated rings. The highest BCUT2D eigenvalue weighted by Crippen LogP contribution is 2.28. The van der Waals surface area contributed by atoms with Crippen molar-refractivity contribution in [3.05, 3.63) is 17.6 Å². The minimum absolute atomic E-state index is 0.0535. The summed E-state index contributed by atoms with van der Waals surface area (Å²) in [5.41, 5.74) is 0.762. The second-order valence-corrected chi connectivity index (χ2v) is 6.00. The Balaban J connectivity index is 1.61. The smallest absolute Gasteiger partial charge is 0.322 e. The van der Waals surface area contributed by atoms with Gasteiger partial charge in [0.05, 0.1) is 5.56 Å². The van der Waals surface area contributed by atoms with E-state index in [1.165, 1.54) is 19.3 Å². The number of amides is 1. The summed E-state index contributed by atoms with van der Waals surface area (Å²) in [6.45, 7) is 3.70. The van der Waals surface area contributed by atoms with Gasteiger partial charge in [-0.2, -0.15) is 0 Å². The van der Waals surface area contributed by atoms with Gasteiger partial charge in [0.2, 0.25) is 5.91 Å². The first-order valence-electron chi connectivity index (χ1n) is 7.82. The summed E-state index contributed by atoms with van der Waals surface area (Å²) in [4.78, 5) is 12.0. The van der Waals surface area contributed by atoms with Crippen LogP contribution in [0.25, 0.3) is 11.5 Å². The summed E-state index contributed by atoms with van der Waals surface area (Å²) in [6, 6.07) is 1.99. The third-order valence-electron chi connectivity index (χ3n) is 4.14. The van der Waals surface area contributed by atoms with E-state index in [1.807, 2.05) is 19.9 Å². The van der Waals surface area contributed by atoms with E-state index >= 15 is 0 Å². The number of carbonyl (C=O) groups is 1. The molecule has 6 heteroatoms. The van der Waals surface area contributed by atoms with Crippen molar-refractivity contribution >= 4 is 11.9 Å². The molecule has 22 heavy (non-hydrogen) atoms. The summed E-state index contributed by atoms with van der Waals surface area (Å²) in [5, 5.41) is 10.6. The fraction of sp³-hybridized carbons (Fsp3) is 0.562. The Labute approximate surface area is 129 Å². The van der Waals surface area contributed by atoms with Crippen molar-refractivity contribution in [2.45, 2.75) is 52.4 Å². The van der Waals surface area contributed by atoms with E-state index < -0.39 is 0 Å². The van der Waals surface area contributed by atoms with Gasteiger partial charge in [-0.3, -0.25) is 10.1 Å². The molecule has 0 aromatic carbocycles. The first-order chi connectivity index (χ1) is 10.6. The largest absolute Gasteiger partial charge is 0.466 e. The van der Waals surface area contributed by atoms with Gasteiger partial charge in [0.25, 0.3) is 5.89 Å². The van der Waals surface area contributed by atoms with E-state index in [1.54, 1.807) is 0 Å². The summed E-state index contributed by atoms with van der Waals surface area (Å²) < 4.78 is 11.0. The van der Waals surface area contributed by atoms with Crippen molar-refractivity contribution < 1.29 is 13.6 Å². The van der Waals surface area contributed by atoms with Crippen molar-refractivity contribution in [3.8, 4) is 11.5 Å². The molecule has 0 saturated heterocycles. The van der Waals surface area contributed by atoms with Crippen molar-refractivity contribution in [1.29, 1.82) is 0 Å².